The van der Waals surface area contributed by atoms with Gasteiger partial charge >= 0.3 is 39.5 Å². The Morgan fingerprint density at radius 1 is 0.312 bits per heavy atom. The van der Waals surface area contributed by atoms with Gasteiger partial charge in [-0.1, -0.05) is 325 Å². The first-order chi connectivity index (χ1) is 44.8. The van der Waals surface area contributed by atoms with Gasteiger partial charge in [-0.15, -0.1) is 0 Å². The molecule has 0 heterocycles. The molecule has 0 aromatic heterocycles. The molecule has 0 amide bonds. The summed E-state index contributed by atoms with van der Waals surface area (Å²) in [6.45, 7) is 11.8. The van der Waals surface area contributed by atoms with E-state index in [1.165, 1.54) is 180 Å². The second kappa shape index (κ2) is 64.7. The second-order valence-electron chi connectivity index (χ2n) is 27.9. The molecule has 0 saturated carbocycles. The number of carbonyl (C=O) groups is 4. The molecule has 6 atom stereocenters. The van der Waals surface area contributed by atoms with Crippen molar-refractivity contribution in [3.05, 3.63) is 0 Å². The summed E-state index contributed by atoms with van der Waals surface area (Å²) in [5, 5.41) is 10.6. The number of rotatable bonds is 72. The molecule has 93 heavy (non-hydrogen) atoms. The highest BCUT2D eigenvalue weighted by Gasteiger charge is 2.30. The maximum atomic E-state index is 13.1. The lowest BCUT2D eigenvalue weighted by Gasteiger charge is -2.21. The Kier molecular flexibility index (Phi) is 63.4. The Labute approximate surface area is 568 Å². The lowest BCUT2D eigenvalue weighted by molar-refractivity contribution is -0.161. The maximum Gasteiger partial charge on any atom is 0.472 e. The fourth-order valence-corrected chi connectivity index (χ4v) is 12.8. The van der Waals surface area contributed by atoms with Crippen molar-refractivity contribution >= 4 is 39.5 Å². The van der Waals surface area contributed by atoms with Crippen molar-refractivity contribution in [1.29, 1.82) is 0 Å². The van der Waals surface area contributed by atoms with Crippen molar-refractivity contribution in [3.8, 4) is 0 Å². The fraction of sp³-hybridized carbons (Fsp3) is 0.946. The molecule has 0 aliphatic rings. The molecule has 0 aliphatic heterocycles. The summed E-state index contributed by atoms with van der Waals surface area (Å²) >= 11 is 0. The smallest absolute Gasteiger partial charge is 0.462 e. The Bertz CT molecular complexity index is 1820. The van der Waals surface area contributed by atoms with Crippen LogP contribution in [0.15, 0.2) is 0 Å². The van der Waals surface area contributed by atoms with Crippen LogP contribution in [0, 0.1) is 17.8 Å². The molecule has 3 N–H and O–H groups in total. The third-order valence-electron chi connectivity index (χ3n) is 17.5. The standard InChI is InChI=1S/C74H144O17P2/c1-8-10-11-12-13-14-15-19-23-28-33-41-48-55-71(76)84-61-69(90-73(78)57-50-43-34-29-24-21-18-16-17-20-22-26-31-38-45-52-65(3)4)63-88-92(80,81)86-59-68(75)60-87-93(82,83)89-64-70(62-85-72(77)56-49-42-37-36-40-47-54-67(7)9-2)91-74(79)58-51-44-35-30-25-27-32-39-46-53-66(5)6/h65-70,75H,8-64H2,1-7H3,(H,80,81)(H,82,83)/t67?,68-,69-,70-/m1/s1. The van der Waals surface area contributed by atoms with Gasteiger partial charge in [-0.2, -0.15) is 0 Å². The SMILES string of the molecule is CCCCCCCCCCCCCCCC(=O)OC[C@H](COP(=O)(O)OC[C@@H](O)COP(=O)(O)OC[C@@H](COC(=O)CCCCCCCCC(C)CC)OC(=O)CCCCCCCCCCCC(C)C)OC(=O)CCCCCCCCCCCCCCCCCC(C)C. The van der Waals surface area contributed by atoms with Gasteiger partial charge in [-0.3, -0.25) is 37.3 Å². The number of unbranched alkanes of at least 4 members (excludes halogenated alkanes) is 39. The molecule has 3 unspecified atom stereocenters. The van der Waals surface area contributed by atoms with E-state index < -0.39 is 97.5 Å². The zero-order valence-corrected chi connectivity index (χ0v) is 62.5. The third kappa shape index (κ3) is 67.0. The van der Waals surface area contributed by atoms with Gasteiger partial charge < -0.3 is 33.8 Å². The second-order valence-corrected chi connectivity index (χ2v) is 30.8. The summed E-state index contributed by atoms with van der Waals surface area (Å²) in [7, 11) is -9.91. The topological polar surface area (TPSA) is 237 Å². The summed E-state index contributed by atoms with van der Waals surface area (Å²) in [4.78, 5) is 72.7. The van der Waals surface area contributed by atoms with Gasteiger partial charge in [0.2, 0.25) is 0 Å². The van der Waals surface area contributed by atoms with Crippen molar-refractivity contribution < 1.29 is 80.2 Å². The monoisotopic (exact) mass is 1370 g/mol. The Morgan fingerprint density at radius 2 is 0.548 bits per heavy atom. The van der Waals surface area contributed by atoms with E-state index in [0.717, 1.165) is 114 Å². The highest BCUT2D eigenvalue weighted by atomic mass is 31.2. The van der Waals surface area contributed by atoms with Crippen molar-refractivity contribution in [2.24, 2.45) is 17.8 Å². The van der Waals surface area contributed by atoms with E-state index in [-0.39, 0.29) is 25.7 Å². The number of aliphatic hydroxyl groups excluding tert-OH is 1. The first kappa shape index (κ1) is 91.1. The maximum absolute atomic E-state index is 13.1. The Morgan fingerprint density at radius 3 is 0.817 bits per heavy atom. The highest BCUT2D eigenvalue weighted by molar-refractivity contribution is 7.47. The molecule has 0 rings (SSSR count). The summed E-state index contributed by atoms with van der Waals surface area (Å²) in [5.74, 6) is 0.149. The van der Waals surface area contributed by atoms with Crippen LogP contribution in [-0.2, 0) is 65.4 Å². The molecule has 0 spiro atoms. The van der Waals surface area contributed by atoms with Gasteiger partial charge in [0.1, 0.15) is 19.3 Å². The summed E-state index contributed by atoms with van der Waals surface area (Å²) < 4.78 is 68.4. The van der Waals surface area contributed by atoms with E-state index in [9.17, 15) is 43.2 Å². The van der Waals surface area contributed by atoms with E-state index in [2.05, 4.69) is 48.5 Å². The van der Waals surface area contributed by atoms with Gasteiger partial charge in [-0.25, -0.2) is 9.13 Å². The first-order valence-corrected chi connectivity index (χ1v) is 41.4. The quantitative estimate of drug-likeness (QED) is 0.0222. The molecule has 0 saturated heterocycles. The number of carbonyl (C=O) groups excluding carboxylic acids is 4. The van der Waals surface area contributed by atoms with Crippen molar-refractivity contribution in [2.75, 3.05) is 39.6 Å². The zero-order chi connectivity index (χ0) is 68.7. The molecule has 0 aromatic carbocycles. The van der Waals surface area contributed by atoms with Crippen LogP contribution in [0.4, 0.5) is 0 Å². The lowest BCUT2D eigenvalue weighted by atomic mass is 10.00. The van der Waals surface area contributed by atoms with E-state index >= 15 is 0 Å². The average Bonchev–Trinajstić information content (AvgIpc) is 2.68. The predicted octanol–water partition coefficient (Wildman–Crippen LogP) is 21.4. The minimum absolute atomic E-state index is 0.104. The van der Waals surface area contributed by atoms with Crippen molar-refractivity contribution in [1.82, 2.24) is 0 Å². The Hall–Kier alpha value is -1.94. The molecule has 0 radical (unpaired) electrons. The number of aliphatic hydroxyl groups is 1. The number of hydrogen-bond acceptors (Lipinski definition) is 15. The number of hydrogen-bond donors (Lipinski definition) is 3. The van der Waals surface area contributed by atoms with Gasteiger partial charge in [0.05, 0.1) is 26.4 Å². The molecule has 19 heteroatoms. The minimum Gasteiger partial charge on any atom is -0.462 e. The molecule has 17 nitrogen and oxygen atoms in total. The largest absolute Gasteiger partial charge is 0.472 e. The van der Waals surface area contributed by atoms with Crippen LogP contribution in [0.1, 0.15) is 376 Å². The van der Waals surface area contributed by atoms with Crippen LogP contribution in [0.5, 0.6) is 0 Å². The van der Waals surface area contributed by atoms with Crippen LogP contribution < -0.4 is 0 Å². The minimum atomic E-state index is -4.96. The number of phosphoric ester groups is 2. The molecule has 0 bridgehead atoms. The molecule has 0 fully saturated rings. The Balaban J connectivity index is 5.24. The van der Waals surface area contributed by atoms with Crippen LogP contribution in [0.25, 0.3) is 0 Å². The van der Waals surface area contributed by atoms with E-state index in [1.807, 2.05) is 0 Å². The van der Waals surface area contributed by atoms with Crippen LogP contribution in [0.2, 0.25) is 0 Å². The normalized spacial score (nSPS) is 14.4. The van der Waals surface area contributed by atoms with E-state index in [4.69, 9.17) is 37.0 Å². The number of ether oxygens (including phenoxy) is 4. The average molecular weight is 1370 g/mol. The van der Waals surface area contributed by atoms with Crippen LogP contribution in [-0.4, -0.2) is 96.7 Å². The van der Waals surface area contributed by atoms with Crippen LogP contribution >= 0.6 is 15.6 Å². The lowest BCUT2D eigenvalue weighted by Crippen LogP contribution is -2.30. The van der Waals surface area contributed by atoms with Gasteiger partial charge in [0.25, 0.3) is 0 Å². The number of phosphoric acid groups is 2. The molecule has 0 aliphatic carbocycles. The zero-order valence-electron chi connectivity index (χ0n) is 60.7. The van der Waals surface area contributed by atoms with Crippen molar-refractivity contribution in [3.63, 3.8) is 0 Å². The summed E-state index contributed by atoms with van der Waals surface area (Å²) in [6, 6.07) is 0. The summed E-state index contributed by atoms with van der Waals surface area (Å²) in [5.41, 5.74) is 0. The van der Waals surface area contributed by atoms with E-state index in [0.29, 0.717) is 25.7 Å². The van der Waals surface area contributed by atoms with Gasteiger partial charge in [0, 0.05) is 25.7 Å². The summed E-state index contributed by atoms with van der Waals surface area (Å²) in [6.07, 6.45) is 49.9. The third-order valence-corrected chi connectivity index (χ3v) is 19.4. The van der Waals surface area contributed by atoms with E-state index in [1.54, 1.807) is 0 Å². The predicted molar refractivity (Wildman–Crippen MR) is 377 cm³/mol. The van der Waals surface area contributed by atoms with Crippen molar-refractivity contribution in [2.45, 2.75) is 394 Å². The molecule has 0 aromatic rings. The van der Waals surface area contributed by atoms with Gasteiger partial charge in [0.15, 0.2) is 12.2 Å². The molecule has 552 valence electrons. The van der Waals surface area contributed by atoms with Gasteiger partial charge in [-0.05, 0) is 43.4 Å². The fourth-order valence-electron chi connectivity index (χ4n) is 11.2. The first-order valence-electron chi connectivity index (χ1n) is 38.4. The molecular formula is C74H144O17P2. The molecular weight excluding hydrogens is 1220 g/mol. The van der Waals surface area contributed by atoms with Crippen LogP contribution in [0.3, 0.4) is 0 Å². The highest BCUT2D eigenvalue weighted by Crippen LogP contribution is 2.45. The number of esters is 4.